The second kappa shape index (κ2) is 12.1. The van der Waals surface area contributed by atoms with Crippen molar-refractivity contribution in [3.63, 3.8) is 0 Å². The van der Waals surface area contributed by atoms with Crippen LogP contribution in [0.4, 0.5) is 0 Å². The van der Waals surface area contributed by atoms with Gasteiger partial charge in [0.1, 0.15) is 11.8 Å². The smallest absolute Gasteiger partial charge is 0.261 e. The van der Waals surface area contributed by atoms with Crippen LogP contribution >= 0.6 is 43.5 Å². The Bertz CT molecular complexity index is 951. The van der Waals surface area contributed by atoms with Crippen LogP contribution in [0.5, 0.6) is 5.75 Å². The number of benzene rings is 2. The molecule has 0 spiro atoms. The van der Waals surface area contributed by atoms with Crippen molar-refractivity contribution in [3.05, 3.63) is 62.0 Å². The van der Waals surface area contributed by atoms with Gasteiger partial charge in [0.15, 0.2) is 6.61 Å². The van der Waals surface area contributed by atoms with E-state index in [0.717, 1.165) is 35.7 Å². The number of carbonyl (C=O) groups excluding carboxylic acids is 2. The van der Waals surface area contributed by atoms with Gasteiger partial charge in [0.2, 0.25) is 5.91 Å². The van der Waals surface area contributed by atoms with Crippen LogP contribution in [0.25, 0.3) is 0 Å². The second-order valence-corrected chi connectivity index (χ2v) is 10.2. The number of hydrogen-bond donors (Lipinski definition) is 1. The lowest BCUT2D eigenvalue weighted by molar-refractivity contribution is -0.142. The molecule has 1 N–H and O–H groups in total. The van der Waals surface area contributed by atoms with Gasteiger partial charge in [0, 0.05) is 22.1 Å². The molecule has 1 aliphatic rings. The summed E-state index contributed by atoms with van der Waals surface area (Å²) in [5.41, 5.74) is 0.928. The molecule has 0 heterocycles. The molecular weight excluding hydrogens is 560 g/mol. The summed E-state index contributed by atoms with van der Waals surface area (Å²) in [4.78, 5) is 27.8. The van der Waals surface area contributed by atoms with Crippen molar-refractivity contribution >= 4 is 55.3 Å². The third-order valence-electron chi connectivity index (χ3n) is 5.61. The first kappa shape index (κ1) is 25.1. The largest absolute Gasteiger partial charge is 0.483 e. The maximum atomic E-state index is 13.2. The monoisotopic (exact) mass is 584 g/mol. The standard InChI is InChI=1S/C24H27Br2ClN2O3/c1-16(24(31)28-20-8-3-2-4-9-20)29(14-17-6-5-7-18(25)12-17)23(30)15-32-22-11-10-19(27)13-21(22)26/h5-7,10-13,16,20H,2-4,8-9,14-15H2,1H3,(H,28,31). The zero-order valence-corrected chi connectivity index (χ0v) is 21.9. The Hall–Kier alpha value is -1.57. The fourth-order valence-electron chi connectivity index (χ4n) is 3.80. The molecule has 32 heavy (non-hydrogen) atoms. The molecule has 8 heteroatoms. The van der Waals surface area contributed by atoms with Gasteiger partial charge < -0.3 is 15.0 Å². The molecule has 2 aromatic rings. The lowest BCUT2D eigenvalue weighted by Crippen LogP contribution is -2.51. The minimum absolute atomic E-state index is 0.132. The quantitative estimate of drug-likeness (QED) is 0.406. The van der Waals surface area contributed by atoms with E-state index in [0.29, 0.717) is 21.8 Å². The van der Waals surface area contributed by atoms with E-state index in [1.165, 1.54) is 6.42 Å². The van der Waals surface area contributed by atoms with E-state index in [1.807, 2.05) is 24.3 Å². The topological polar surface area (TPSA) is 58.6 Å². The van der Waals surface area contributed by atoms with Crippen molar-refractivity contribution in [2.75, 3.05) is 6.61 Å². The van der Waals surface area contributed by atoms with Crippen molar-refractivity contribution < 1.29 is 14.3 Å². The molecule has 0 saturated heterocycles. The summed E-state index contributed by atoms with van der Waals surface area (Å²) in [5, 5.41) is 3.70. The molecule has 1 fully saturated rings. The van der Waals surface area contributed by atoms with Gasteiger partial charge in [-0.05, 0) is 71.6 Å². The predicted octanol–water partition coefficient (Wildman–Crippen LogP) is 6.11. The van der Waals surface area contributed by atoms with Crippen molar-refractivity contribution in [2.24, 2.45) is 0 Å². The van der Waals surface area contributed by atoms with Crippen molar-refractivity contribution in [3.8, 4) is 5.75 Å². The van der Waals surface area contributed by atoms with E-state index in [4.69, 9.17) is 16.3 Å². The van der Waals surface area contributed by atoms with Gasteiger partial charge in [-0.15, -0.1) is 0 Å². The highest BCUT2D eigenvalue weighted by molar-refractivity contribution is 9.10. The Morgan fingerprint density at radius 2 is 1.91 bits per heavy atom. The minimum Gasteiger partial charge on any atom is -0.483 e. The predicted molar refractivity (Wildman–Crippen MR) is 134 cm³/mol. The van der Waals surface area contributed by atoms with Crippen molar-refractivity contribution in [1.82, 2.24) is 10.2 Å². The number of amides is 2. The first-order valence-corrected chi connectivity index (χ1v) is 12.7. The van der Waals surface area contributed by atoms with Gasteiger partial charge >= 0.3 is 0 Å². The average molecular weight is 587 g/mol. The third kappa shape index (κ3) is 7.22. The van der Waals surface area contributed by atoms with Crippen LogP contribution in [-0.2, 0) is 16.1 Å². The molecule has 5 nitrogen and oxygen atoms in total. The maximum absolute atomic E-state index is 13.2. The van der Waals surface area contributed by atoms with E-state index in [-0.39, 0.29) is 24.5 Å². The summed E-state index contributed by atoms with van der Waals surface area (Å²) in [7, 11) is 0. The van der Waals surface area contributed by atoms with E-state index in [2.05, 4.69) is 37.2 Å². The van der Waals surface area contributed by atoms with Crippen LogP contribution in [0.2, 0.25) is 5.02 Å². The van der Waals surface area contributed by atoms with Gasteiger partial charge in [-0.2, -0.15) is 0 Å². The van der Waals surface area contributed by atoms with E-state index in [1.54, 1.807) is 30.0 Å². The maximum Gasteiger partial charge on any atom is 0.261 e. The van der Waals surface area contributed by atoms with Crippen LogP contribution in [-0.4, -0.2) is 35.4 Å². The normalized spacial score (nSPS) is 15.1. The summed E-state index contributed by atoms with van der Waals surface area (Å²) in [6.07, 6.45) is 5.46. The molecule has 3 rings (SSSR count). The molecule has 0 aromatic heterocycles. The lowest BCUT2D eigenvalue weighted by Gasteiger charge is -2.31. The Kier molecular flexibility index (Phi) is 9.44. The molecule has 2 aromatic carbocycles. The van der Waals surface area contributed by atoms with Gasteiger partial charge in [0.05, 0.1) is 4.47 Å². The van der Waals surface area contributed by atoms with E-state index >= 15 is 0 Å². The SMILES string of the molecule is CC(C(=O)NC1CCCCC1)N(Cc1cccc(Br)c1)C(=O)COc1ccc(Cl)cc1Br. The average Bonchev–Trinajstić information content (AvgIpc) is 2.77. The van der Waals surface area contributed by atoms with Crippen LogP contribution in [0.1, 0.15) is 44.6 Å². The molecule has 1 saturated carbocycles. The Labute approximate surface area is 211 Å². The molecule has 2 amide bonds. The van der Waals surface area contributed by atoms with Crippen LogP contribution in [0, 0.1) is 0 Å². The molecule has 0 radical (unpaired) electrons. The number of hydrogen-bond acceptors (Lipinski definition) is 3. The number of rotatable bonds is 8. The highest BCUT2D eigenvalue weighted by atomic mass is 79.9. The Morgan fingerprint density at radius 1 is 1.16 bits per heavy atom. The first-order chi connectivity index (χ1) is 15.3. The van der Waals surface area contributed by atoms with Gasteiger partial charge in [-0.1, -0.05) is 58.9 Å². The van der Waals surface area contributed by atoms with Crippen molar-refractivity contribution in [2.45, 2.75) is 57.7 Å². The molecule has 0 bridgehead atoms. The molecule has 1 unspecified atom stereocenters. The molecule has 0 aliphatic heterocycles. The zero-order chi connectivity index (χ0) is 23.1. The number of carbonyl (C=O) groups is 2. The van der Waals surface area contributed by atoms with Crippen LogP contribution < -0.4 is 10.1 Å². The fourth-order valence-corrected chi connectivity index (χ4v) is 5.04. The summed E-state index contributed by atoms with van der Waals surface area (Å²) >= 11 is 12.9. The summed E-state index contributed by atoms with van der Waals surface area (Å²) in [5.74, 6) is 0.121. The Morgan fingerprint density at radius 3 is 2.59 bits per heavy atom. The van der Waals surface area contributed by atoms with Crippen molar-refractivity contribution in [1.29, 1.82) is 0 Å². The van der Waals surface area contributed by atoms with Gasteiger partial charge in [0.25, 0.3) is 5.91 Å². The lowest BCUT2D eigenvalue weighted by atomic mass is 9.95. The summed E-state index contributed by atoms with van der Waals surface area (Å²) < 4.78 is 7.32. The number of ether oxygens (including phenoxy) is 1. The third-order valence-corrected chi connectivity index (χ3v) is 6.95. The van der Waals surface area contributed by atoms with E-state index < -0.39 is 6.04 Å². The number of halogens is 3. The highest BCUT2D eigenvalue weighted by Crippen LogP contribution is 2.28. The molecule has 1 atom stereocenters. The first-order valence-electron chi connectivity index (χ1n) is 10.8. The molecular formula is C24H27Br2ClN2O3. The Balaban J connectivity index is 1.72. The second-order valence-electron chi connectivity index (χ2n) is 8.03. The minimum atomic E-state index is -0.624. The highest BCUT2D eigenvalue weighted by Gasteiger charge is 2.28. The number of nitrogens with zero attached hydrogens (tertiary/aromatic N) is 1. The zero-order valence-electron chi connectivity index (χ0n) is 18.0. The molecule has 1 aliphatic carbocycles. The van der Waals surface area contributed by atoms with Crippen LogP contribution in [0.3, 0.4) is 0 Å². The van der Waals surface area contributed by atoms with Crippen LogP contribution in [0.15, 0.2) is 51.4 Å². The van der Waals surface area contributed by atoms with E-state index in [9.17, 15) is 9.59 Å². The van der Waals surface area contributed by atoms with Gasteiger partial charge in [-0.25, -0.2) is 0 Å². The van der Waals surface area contributed by atoms with Gasteiger partial charge in [-0.3, -0.25) is 9.59 Å². The summed E-state index contributed by atoms with van der Waals surface area (Å²) in [6.45, 7) is 1.89. The fraction of sp³-hybridized carbons (Fsp3) is 0.417. The molecule has 172 valence electrons. The summed E-state index contributed by atoms with van der Waals surface area (Å²) in [6, 6.07) is 12.4. The number of nitrogens with one attached hydrogen (secondary N) is 1.